The normalized spacial score (nSPS) is 11.1. The van der Waals surface area contributed by atoms with Gasteiger partial charge in [-0.05, 0) is 48.0 Å². The first-order valence-electron chi connectivity index (χ1n) is 9.54. The van der Waals surface area contributed by atoms with Crippen molar-refractivity contribution in [3.8, 4) is 16.9 Å². The SMILES string of the molecule is CS(C)(=O)=NC(=O)c1ccc(C(=O)O)c(C(=O)Nc2cc(-c3ccc(Cl)cc3Cl)ccc2O)c1. The highest BCUT2D eigenvalue weighted by molar-refractivity contribution is 7.92. The van der Waals surface area contributed by atoms with Crippen LogP contribution in [0, 0.1) is 0 Å². The molecule has 0 radical (unpaired) electrons. The van der Waals surface area contributed by atoms with Gasteiger partial charge in [0.15, 0.2) is 0 Å². The molecule has 3 N–H and O–H groups in total. The molecular formula is C23H18Cl2N2O6S. The minimum Gasteiger partial charge on any atom is -0.506 e. The van der Waals surface area contributed by atoms with Crippen molar-refractivity contribution in [1.29, 1.82) is 0 Å². The fourth-order valence-corrected chi connectivity index (χ4v) is 4.04. The van der Waals surface area contributed by atoms with Crippen molar-refractivity contribution < 1.29 is 28.8 Å². The van der Waals surface area contributed by atoms with Crippen molar-refractivity contribution >= 4 is 56.4 Å². The Labute approximate surface area is 205 Å². The molecule has 0 fully saturated rings. The van der Waals surface area contributed by atoms with E-state index >= 15 is 0 Å². The predicted molar refractivity (Wildman–Crippen MR) is 132 cm³/mol. The summed E-state index contributed by atoms with van der Waals surface area (Å²) in [7, 11) is -2.77. The number of nitrogens with zero attached hydrogens (tertiary/aromatic N) is 1. The van der Waals surface area contributed by atoms with E-state index in [1.165, 1.54) is 30.7 Å². The number of carbonyl (C=O) groups is 3. The van der Waals surface area contributed by atoms with Crippen LogP contribution in [0.3, 0.4) is 0 Å². The molecule has 2 amide bonds. The fourth-order valence-electron chi connectivity index (χ4n) is 3.02. The lowest BCUT2D eigenvalue weighted by atomic mass is 10.0. The number of phenolic OH excluding ortho intramolecular Hbond substituents is 1. The van der Waals surface area contributed by atoms with Crippen LogP contribution in [0.25, 0.3) is 11.1 Å². The maximum atomic E-state index is 13.0. The zero-order valence-electron chi connectivity index (χ0n) is 17.8. The molecule has 176 valence electrons. The first kappa shape index (κ1) is 25.2. The Bertz CT molecular complexity index is 1450. The molecule has 0 aliphatic rings. The van der Waals surface area contributed by atoms with E-state index < -0.39 is 27.5 Å². The minimum absolute atomic E-state index is 0.0172. The summed E-state index contributed by atoms with van der Waals surface area (Å²) in [4.78, 5) is 36.9. The van der Waals surface area contributed by atoms with E-state index in [-0.39, 0.29) is 28.1 Å². The first-order valence-corrected chi connectivity index (χ1v) is 12.6. The van der Waals surface area contributed by atoms with Gasteiger partial charge in [-0.1, -0.05) is 35.3 Å². The number of carbonyl (C=O) groups excluding carboxylic acids is 2. The Morgan fingerprint density at radius 2 is 1.65 bits per heavy atom. The number of benzene rings is 3. The number of phenols is 1. The van der Waals surface area contributed by atoms with Gasteiger partial charge in [-0.2, -0.15) is 4.36 Å². The lowest BCUT2D eigenvalue weighted by molar-refractivity contribution is 0.0692. The fraction of sp³-hybridized carbons (Fsp3) is 0.0870. The molecule has 0 bridgehead atoms. The van der Waals surface area contributed by atoms with E-state index in [2.05, 4.69) is 9.68 Å². The largest absolute Gasteiger partial charge is 0.506 e. The van der Waals surface area contributed by atoms with Gasteiger partial charge in [-0.3, -0.25) is 9.59 Å². The van der Waals surface area contributed by atoms with Crippen LogP contribution in [0.4, 0.5) is 5.69 Å². The van der Waals surface area contributed by atoms with Crippen molar-refractivity contribution in [2.45, 2.75) is 0 Å². The second-order valence-corrected chi connectivity index (χ2v) is 10.8. The van der Waals surface area contributed by atoms with Gasteiger partial charge in [0.25, 0.3) is 11.8 Å². The quantitative estimate of drug-likeness (QED) is 0.396. The molecule has 0 heterocycles. The van der Waals surface area contributed by atoms with Crippen LogP contribution in [-0.4, -0.2) is 44.7 Å². The van der Waals surface area contributed by atoms with Crippen LogP contribution in [0.2, 0.25) is 10.0 Å². The summed E-state index contributed by atoms with van der Waals surface area (Å²) < 4.78 is 15.4. The third-order valence-corrected chi connectivity index (χ3v) is 5.68. The molecule has 3 rings (SSSR count). The summed E-state index contributed by atoms with van der Waals surface area (Å²) in [6.07, 6.45) is 2.54. The summed E-state index contributed by atoms with van der Waals surface area (Å²) in [5.74, 6) is -3.43. The number of hydrogen-bond acceptors (Lipinski definition) is 5. The van der Waals surface area contributed by atoms with Crippen molar-refractivity contribution in [1.82, 2.24) is 0 Å². The average Bonchev–Trinajstić information content (AvgIpc) is 2.73. The highest BCUT2D eigenvalue weighted by Gasteiger charge is 2.21. The molecule has 8 nitrogen and oxygen atoms in total. The Hall–Kier alpha value is -3.40. The molecule has 0 aliphatic heterocycles. The molecule has 0 unspecified atom stereocenters. The van der Waals surface area contributed by atoms with E-state index in [4.69, 9.17) is 23.2 Å². The third kappa shape index (κ3) is 5.93. The van der Waals surface area contributed by atoms with E-state index in [0.29, 0.717) is 21.2 Å². The van der Waals surface area contributed by atoms with Crippen molar-refractivity contribution in [3.05, 3.63) is 81.3 Å². The van der Waals surface area contributed by atoms with E-state index in [1.807, 2.05) is 0 Å². The Morgan fingerprint density at radius 3 is 2.26 bits per heavy atom. The van der Waals surface area contributed by atoms with Gasteiger partial charge in [0, 0.05) is 43.4 Å². The maximum Gasteiger partial charge on any atom is 0.336 e. The Kier molecular flexibility index (Phi) is 7.30. The van der Waals surface area contributed by atoms with Crippen LogP contribution in [0.5, 0.6) is 5.75 Å². The summed E-state index contributed by atoms with van der Waals surface area (Å²) >= 11 is 12.2. The molecule has 0 saturated carbocycles. The van der Waals surface area contributed by atoms with Gasteiger partial charge in [-0.25, -0.2) is 9.00 Å². The van der Waals surface area contributed by atoms with Gasteiger partial charge in [0.1, 0.15) is 5.75 Å². The number of nitrogens with one attached hydrogen (secondary N) is 1. The first-order chi connectivity index (χ1) is 15.9. The number of aromatic carboxylic acids is 1. The second-order valence-electron chi connectivity index (χ2n) is 7.45. The van der Waals surface area contributed by atoms with Crippen molar-refractivity contribution in [2.24, 2.45) is 4.36 Å². The molecule has 11 heteroatoms. The summed E-state index contributed by atoms with van der Waals surface area (Å²) in [5.41, 5.74) is 0.288. The standard InChI is InChI=1S/C23H18Cl2N2O6S/c1-34(2,33)27-21(29)13-3-6-16(23(31)32)17(9-13)22(30)26-19-10-12(4-8-20(19)28)15-7-5-14(24)11-18(15)25/h3-11,28H,1-2H3,(H,26,30)(H,31,32). The van der Waals surface area contributed by atoms with Crippen molar-refractivity contribution in [3.63, 3.8) is 0 Å². The van der Waals surface area contributed by atoms with Crippen LogP contribution in [0.15, 0.2) is 59.0 Å². The van der Waals surface area contributed by atoms with Crippen LogP contribution >= 0.6 is 23.2 Å². The van der Waals surface area contributed by atoms with Crippen molar-refractivity contribution in [2.75, 3.05) is 17.8 Å². The number of anilines is 1. The van der Waals surface area contributed by atoms with E-state index in [1.54, 1.807) is 24.3 Å². The number of hydrogen-bond donors (Lipinski definition) is 3. The zero-order chi connectivity index (χ0) is 25.2. The van der Waals surface area contributed by atoms with Gasteiger partial charge >= 0.3 is 5.97 Å². The third-order valence-electron chi connectivity index (χ3n) is 4.53. The molecule has 0 aromatic heterocycles. The molecule has 0 aliphatic carbocycles. The molecule has 34 heavy (non-hydrogen) atoms. The lowest BCUT2D eigenvalue weighted by Gasteiger charge is -2.12. The molecule has 3 aromatic carbocycles. The number of aromatic hydroxyl groups is 1. The van der Waals surface area contributed by atoms with Crippen LogP contribution in [-0.2, 0) is 9.73 Å². The Balaban J connectivity index is 2.02. The summed E-state index contributed by atoms with van der Waals surface area (Å²) in [6.45, 7) is 0. The number of halogens is 2. The smallest absolute Gasteiger partial charge is 0.336 e. The Morgan fingerprint density at radius 1 is 0.941 bits per heavy atom. The number of rotatable bonds is 5. The highest BCUT2D eigenvalue weighted by Crippen LogP contribution is 2.35. The highest BCUT2D eigenvalue weighted by atomic mass is 35.5. The lowest BCUT2D eigenvalue weighted by Crippen LogP contribution is -2.17. The summed E-state index contributed by atoms with van der Waals surface area (Å²) in [6, 6.07) is 12.5. The topological polar surface area (TPSA) is 133 Å². The molecule has 0 atom stereocenters. The van der Waals surface area contributed by atoms with Gasteiger partial charge in [-0.15, -0.1) is 0 Å². The van der Waals surface area contributed by atoms with E-state index in [9.17, 15) is 28.8 Å². The zero-order valence-corrected chi connectivity index (χ0v) is 20.2. The number of amides is 2. The van der Waals surface area contributed by atoms with Crippen LogP contribution in [0.1, 0.15) is 31.1 Å². The van der Waals surface area contributed by atoms with Gasteiger partial charge in [0.05, 0.1) is 16.8 Å². The minimum atomic E-state index is -2.77. The maximum absolute atomic E-state index is 13.0. The van der Waals surface area contributed by atoms with Crippen LogP contribution < -0.4 is 5.32 Å². The molecule has 3 aromatic rings. The van der Waals surface area contributed by atoms with Gasteiger partial charge in [0.2, 0.25) is 0 Å². The molecule has 0 saturated heterocycles. The molecule has 0 spiro atoms. The predicted octanol–water partition coefficient (Wildman–Crippen LogP) is 5.18. The second kappa shape index (κ2) is 9.84. The number of carboxylic acids is 1. The van der Waals surface area contributed by atoms with E-state index in [0.717, 1.165) is 12.1 Å². The molecular weight excluding hydrogens is 503 g/mol. The average molecular weight is 521 g/mol. The monoisotopic (exact) mass is 520 g/mol. The number of carboxylic acid groups (broad SMARTS) is 1. The summed E-state index contributed by atoms with van der Waals surface area (Å²) in [5, 5.41) is 23.0. The van der Waals surface area contributed by atoms with Gasteiger partial charge < -0.3 is 15.5 Å².